The number of carbonyl (C=O) groups excluding carboxylic acids is 2. The van der Waals surface area contributed by atoms with Crippen LogP contribution in [-0.4, -0.2) is 50.0 Å². The normalized spacial score (nSPS) is 15.1. The van der Waals surface area contributed by atoms with E-state index in [1.807, 2.05) is 0 Å². The summed E-state index contributed by atoms with van der Waals surface area (Å²) >= 11 is 0. The zero-order chi connectivity index (χ0) is 24.9. The number of benzene rings is 2. The molecular weight excluding hydrogens is 464 g/mol. The van der Waals surface area contributed by atoms with Gasteiger partial charge < -0.3 is 10.2 Å². The Labute approximate surface area is 198 Å². The third-order valence-corrected chi connectivity index (χ3v) is 7.05. The summed E-state index contributed by atoms with van der Waals surface area (Å²) in [4.78, 5) is 27.6. The first-order chi connectivity index (χ1) is 16.0. The minimum atomic E-state index is -3.94. The Hall–Kier alpha value is -3.01. The predicted molar refractivity (Wildman–Crippen MR) is 125 cm³/mol. The van der Waals surface area contributed by atoms with Crippen molar-refractivity contribution in [2.75, 3.05) is 17.1 Å². The Morgan fingerprint density at radius 2 is 1.71 bits per heavy atom. The lowest BCUT2D eigenvalue weighted by molar-refractivity contribution is -0.139. The van der Waals surface area contributed by atoms with Gasteiger partial charge in [-0.05, 0) is 55.7 Å². The van der Waals surface area contributed by atoms with Crippen molar-refractivity contribution in [2.45, 2.75) is 51.2 Å². The van der Waals surface area contributed by atoms with Crippen LogP contribution < -0.4 is 9.62 Å². The molecule has 0 spiro atoms. The largest absolute Gasteiger partial charge is 0.352 e. The number of nitrogens with one attached hydrogen (secondary N) is 1. The zero-order valence-corrected chi connectivity index (χ0v) is 20.0. The number of hydrogen-bond donors (Lipinski definition) is 1. The van der Waals surface area contributed by atoms with Gasteiger partial charge in [0.05, 0.1) is 11.9 Å². The monoisotopic (exact) mass is 493 g/mol. The Bertz CT molecular complexity index is 1120. The minimum Gasteiger partial charge on any atom is -0.352 e. The van der Waals surface area contributed by atoms with Crippen LogP contribution in [0.2, 0.25) is 0 Å². The minimum absolute atomic E-state index is 0.000595. The Balaban J connectivity index is 1.87. The fraction of sp³-hybridized carbons (Fsp3) is 0.417. The average molecular weight is 494 g/mol. The summed E-state index contributed by atoms with van der Waals surface area (Å²) in [5.74, 6) is -2.08. The van der Waals surface area contributed by atoms with Crippen LogP contribution in [0.4, 0.5) is 14.5 Å². The second kappa shape index (κ2) is 10.9. The van der Waals surface area contributed by atoms with Gasteiger partial charge in [0, 0.05) is 12.6 Å². The quantitative estimate of drug-likeness (QED) is 0.581. The van der Waals surface area contributed by atoms with Crippen molar-refractivity contribution in [3.63, 3.8) is 0 Å². The third kappa shape index (κ3) is 6.75. The van der Waals surface area contributed by atoms with Gasteiger partial charge in [-0.25, -0.2) is 17.2 Å². The fourth-order valence-corrected chi connectivity index (χ4v) is 4.85. The van der Waals surface area contributed by atoms with Crippen molar-refractivity contribution in [1.29, 1.82) is 0 Å². The van der Waals surface area contributed by atoms with Gasteiger partial charge in [0.2, 0.25) is 21.8 Å². The first kappa shape index (κ1) is 25.6. The molecule has 1 saturated carbocycles. The molecule has 0 saturated heterocycles. The van der Waals surface area contributed by atoms with Gasteiger partial charge in [-0.3, -0.25) is 13.9 Å². The van der Waals surface area contributed by atoms with E-state index in [0.717, 1.165) is 42.3 Å². The third-order valence-electron chi connectivity index (χ3n) is 5.91. The number of sulfonamides is 1. The molecule has 1 unspecified atom stereocenters. The van der Waals surface area contributed by atoms with E-state index >= 15 is 0 Å². The Morgan fingerprint density at radius 3 is 2.29 bits per heavy atom. The molecule has 0 bridgehead atoms. The van der Waals surface area contributed by atoms with Gasteiger partial charge in [-0.1, -0.05) is 31.0 Å². The van der Waals surface area contributed by atoms with Crippen LogP contribution in [0.1, 0.15) is 38.2 Å². The molecule has 0 aliphatic heterocycles. The molecule has 1 aliphatic carbocycles. The van der Waals surface area contributed by atoms with Crippen molar-refractivity contribution in [1.82, 2.24) is 10.2 Å². The molecular formula is C24H29F2N3O4S. The molecule has 2 amide bonds. The van der Waals surface area contributed by atoms with Crippen molar-refractivity contribution < 1.29 is 26.8 Å². The summed E-state index contributed by atoms with van der Waals surface area (Å²) in [5.41, 5.74) is 0.576. The number of carbonyl (C=O) groups is 2. The maximum atomic E-state index is 13.8. The molecule has 1 fully saturated rings. The molecule has 184 valence electrons. The SMILES string of the molecule is CC(C(=O)NC1CCCC1)N(Cc1ccc(F)cc1)C(=O)CN(c1cccc(F)c1)S(C)(=O)=O. The Kier molecular flexibility index (Phi) is 8.24. The lowest BCUT2D eigenvalue weighted by atomic mass is 10.1. The van der Waals surface area contributed by atoms with Crippen molar-refractivity contribution in [3.05, 3.63) is 65.7 Å². The maximum Gasteiger partial charge on any atom is 0.244 e. The van der Waals surface area contributed by atoms with Crippen LogP contribution in [0.3, 0.4) is 0 Å². The smallest absolute Gasteiger partial charge is 0.244 e. The van der Waals surface area contributed by atoms with Gasteiger partial charge in [0.15, 0.2) is 0 Å². The number of halogens is 2. The van der Waals surface area contributed by atoms with Crippen molar-refractivity contribution in [2.24, 2.45) is 0 Å². The molecule has 3 rings (SSSR count). The number of nitrogens with zero attached hydrogens (tertiary/aromatic N) is 2. The van der Waals surface area contributed by atoms with Crippen LogP contribution >= 0.6 is 0 Å². The molecule has 2 aromatic rings. The highest BCUT2D eigenvalue weighted by molar-refractivity contribution is 7.92. The van der Waals surface area contributed by atoms with E-state index in [1.165, 1.54) is 47.4 Å². The Morgan fingerprint density at radius 1 is 1.06 bits per heavy atom. The molecule has 2 aromatic carbocycles. The molecule has 34 heavy (non-hydrogen) atoms. The van der Waals surface area contributed by atoms with E-state index in [2.05, 4.69) is 5.32 Å². The first-order valence-electron chi connectivity index (χ1n) is 11.1. The van der Waals surface area contributed by atoms with E-state index in [4.69, 9.17) is 0 Å². The van der Waals surface area contributed by atoms with Crippen molar-refractivity contribution in [3.8, 4) is 0 Å². The molecule has 0 heterocycles. The molecule has 0 aromatic heterocycles. The summed E-state index contributed by atoms with van der Waals surface area (Å²) in [6.45, 7) is 0.919. The van der Waals surface area contributed by atoms with Gasteiger partial charge in [0.25, 0.3) is 0 Å². The summed E-state index contributed by atoms with van der Waals surface area (Å²) in [6.07, 6.45) is 4.70. The van der Waals surface area contributed by atoms with E-state index in [1.54, 1.807) is 6.92 Å². The van der Waals surface area contributed by atoms with Crippen molar-refractivity contribution >= 4 is 27.5 Å². The summed E-state index contributed by atoms with van der Waals surface area (Å²) in [6, 6.07) is 9.55. The lowest BCUT2D eigenvalue weighted by Crippen LogP contribution is -2.52. The highest BCUT2D eigenvalue weighted by Crippen LogP contribution is 2.21. The van der Waals surface area contributed by atoms with Gasteiger partial charge >= 0.3 is 0 Å². The number of rotatable bonds is 9. The second-order valence-corrected chi connectivity index (χ2v) is 10.5. The van der Waals surface area contributed by atoms with Crippen LogP contribution in [0, 0.1) is 11.6 Å². The van der Waals surface area contributed by atoms with E-state index in [-0.39, 0.29) is 24.2 Å². The molecule has 1 N–H and O–H groups in total. The number of hydrogen-bond acceptors (Lipinski definition) is 4. The van der Waals surface area contributed by atoms with Gasteiger partial charge in [-0.2, -0.15) is 0 Å². The van der Waals surface area contributed by atoms with Crippen LogP contribution in [0.5, 0.6) is 0 Å². The van der Waals surface area contributed by atoms with Crippen LogP contribution in [-0.2, 0) is 26.2 Å². The lowest BCUT2D eigenvalue weighted by Gasteiger charge is -2.32. The second-order valence-electron chi connectivity index (χ2n) is 8.56. The molecule has 7 nitrogen and oxygen atoms in total. The number of anilines is 1. The fourth-order valence-electron chi connectivity index (χ4n) is 4.01. The van der Waals surface area contributed by atoms with E-state index < -0.39 is 40.2 Å². The summed E-state index contributed by atoms with van der Waals surface area (Å²) < 4.78 is 52.8. The van der Waals surface area contributed by atoms with Gasteiger partial charge in [-0.15, -0.1) is 0 Å². The number of amides is 2. The first-order valence-corrected chi connectivity index (χ1v) is 13.0. The van der Waals surface area contributed by atoms with Crippen LogP contribution in [0.15, 0.2) is 48.5 Å². The summed E-state index contributed by atoms with van der Waals surface area (Å²) in [5, 5.41) is 2.96. The predicted octanol–water partition coefficient (Wildman–Crippen LogP) is 3.21. The molecule has 1 atom stereocenters. The van der Waals surface area contributed by atoms with Gasteiger partial charge in [0.1, 0.15) is 24.2 Å². The maximum absolute atomic E-state index is 13.8. The molecule has 0 radical (unpaired) electrons. The van der Waals surface area contributed by atoms with Crippen LogP contribution in [0.25, 0.3) is 0 Å². The van der Waals surface area contributed by atoms with E-state index in [0.29, 0.717) is 5.56 Å². The molecule has 10 heteroatoms. The van der Waals surface area contributed by atoms with E-state index in [9.17, 15) is 26.8 Å². The average Bonchev–Trinajstić information content (AvgIpc) is 3.28. The standard InChI is InChI=1S/C24H29F2N3O4S/c1-17(24(31)27-21-7-3-4-8-21)28(15-18-10-12-19(25)13-11-18)23(30)16-29(34(2,32)33)22-9-5-6-20(26)14-22/h5-6,9-14,17,21H,3-4,7-8,15-16H2,1-2H3,(H,27,31). The summed E-state index contributed by atoms with van der Waals surface area (Å²) in [7, 11) is -3.94. The highest BCUT2D eigenvalue weighted by Gasteiger charge is 2.31. The molecule has 1 aliphatic rings. The zero-order valence-electron chi connectivity index (χ0n) is 19.2. The topological polar surface area (TPSA) is 86.8 Å². The highest BCUT2D eigenvalue weighted by atomic mass is 32.2.